The van der Waals surface area contributed by atoms with E-state index in [2.05, 4.69) is 20.8 Å². The predicted molar refractivity (Wildman–Crippen MR) is 283 cm³/mol. The molecule has 6 aliphatic heterocycles. The van der Waals surface area contributed by atoms with Crippen LogP contribution < -0.4 is 0 Å². The fraction of sp³-hybridized carbons (Fsp3) is 1.00. The fourth-order valence-electron chi connectivity index (χ4n) is 17.2. The van der Waals surface area contributed by atoms with E-state index in [4.69, 9.17) is 56.8 Å². The zero-order chi connectivity index (χ0) is 61.4. The Hall–Kier alpha value is -1.12. The van der Waals surface area contributed by atoms with Crippen molar-refractivity contribution < 1.29 is 139 Å². The molecule has 492 valence electrons. The van der Waals surface area contributed by atoms with E-state index in [-0.39, 0.29) is 47.2 Å². The third-order valence-electron chi connectivity index (χ3n) is 22.1. The number of hydrogen-bond donors (Lipinski definition) is 16. The third kappa shape index (κ3) is 12.3. The monoisotopic (exact) mass is 1230 g/mol. The van der Waals surface area contributed by atoms with Crippen LogP contribution in [-0.4, -0.2) is 294 Å². The Morgan fingerprint density at radius 3 is 1.73 bits per heavy atom. The Balaban J connectivity index is 0.764. The molecule has 0 bridgehead atoms. The van der Waals surface area contributed by atoms with Gasteiger partial charge in [0, 0.05) is 19.4 Å². The summed E-state index contributed by atoms with van der Waals surface area (Å²) in [6, 6.07) is 0. The van der Waals surface area contributed by atoms with Crippen LogP contribution in [0.4, 0.5) is 0 Å². The molecule has 0 aromatic heterocycles. The van der Waals surface area contributed by atoms with Crippen molar-refractivity contribution in [2.75, 3.05) is 46.8 Å². The van der Waals surface area contributed by atoms with Gasteiger partial charge in [-0.3, -0.25) is 0 Å². The molecule has 16 N–H and O–H groups in total. The lowest BCUT2D eigenvalue weighted by Gasteiger charge is -2.61. The number of hydrogen-bond acceptors (Lipinski definition) is 28. The molecule has 0 spiro atoms. The molecule has 4 aliphatic carbocycles. The van der Waals surface area contributed by atoms with E-state index in [0.717, 1.165) is 38.5 Å². The normalized spacial score (nSPS) is 54.9. The van der Waals surface area contributed by atoms with E-state index >= 15 is 0 Å². The number of rotatable bonds is 19. The molecule has 6 saturated heterocycles. The largest absolute Gasteiger partial charge is 0.394 e. The van der Waals surface area contributed by atoms with Gasteiger partial charge in [0.25, 0.3) is 0 Å². The molecule has 28 heteroatoms. The zero-order valence-electron chi connectivity index (χ0n) is 48.9. The predicted octanol–water partition coefficient (Wildman–Crippen LogP) is -4.84. The SMILES string of the molecule is CO[C@]1(CC[C@H](C)CO[C@@H]2O[C@H](CO)[C@@H](O)[C@H](O)[C@H]2O)O[C@H]2C[C@H]3[C@@H]4CC[C@@H]5C[C@@H](O[C@@H]6O[C@H](CO)[C@H](O[C@@H]7O[C@H](CO)[C@@H](O)[C@H](O[C@@H]8OC[C@@H](O)[C@H](O)[C@H]8O)[C@H]7O[C@@H]7O[C@H](CO)[C@H](O)[C@H](O)[C@H]7O)[C@H](O)[C@H]6O)CC[C@]5(C)[C@H]4CC[C@]3(C)[C@H]2[C@@H]1C. The lowest BCUT2D eigenvalue weighted by Crippen LogP contribution is -2.68. The van der Waals surface area contributed by atoms with Crippen molar-refractivity contribution in [2.24, 2.45) is 52.3 Å². The summed E-state index contributed by atoms with van der Waals surface area (Å²) in [4.78, 5) is 0. The molecule has 36 atom stereocenters. The summed E-state index contributed by atoms with van der Waals surface area (Å²) in [5, 5.41) is 170. The van der Waals surface area contributed by atoms with Crippen LogP contribution in [-0.2, 0) is 56.8 Å². The minimum atomic E-state index is -2.02. The van der Waals surface area contributed by atoms with Gasteiger partial charge in [-0.15, -0.1) is 0 Å². The smallest absolute Gasteiger partial charge is 0.187 e. The number of aliphatic hydroxyl groups excluding tert-OH is 16. The van der Waals surface area contributed by atoms with E-state index in [9.17, 15) is 81.7 Å². The molecule has 0 aromatic carbocycles. The summed E-state index contributed by atoms with van der Waals surface area (Å²) in [5.74, 6) is 1.23. The minimum Gasteiger partial charge on any atom is -0.394 e. The molecule has 85 heavy (non-hydrogen) atoms. The highest BCUT2D eigenvalue weighted by atomic mass is 16.8. The van der Waals surface area contributed by atoms with Gasteiger partial charge in [-0.25, -0.2) is 0 Å². The molecule has 10 rings (SSSR count). The van der Waals surface area contributed by atoms with Gasteiger partial charge in [-0.05, 0) is 104 Å². The van der Waals surface area contributed by atoms with Crippen molar-refractivity contribution >= 4 is 0 Å². The number of fused-ring (bicyclic) bond motifs is 7. The molecule has 6 heterocycles. The molecule has 10 aliphatic rings. The molecule has 0 unspecified atom stereocenters. The second-order valence-electron chi connectivity index (χ2n) is 26.8. The second kappa shape index (κ2) is 26.8. The first-order chi connectivity index (χ1) is 40.4. The molecule has 0 radical (unpaired) electrons. The number of ether oxygens (including phenoxy) is 12. The van der Waals surface area contributed by atoms with Gasteiger partial charge in [-0.1, -0.05) is 27.7 Å². The maximum Gasteiger partial charge on any atom is 0.187 e. The maximum atomic E-state index is 11.9. The lowest BCUT2D eigenvalue weighted by atomic mass is 9.44. The van der Waals surface area contributed by atoms with Crippen LogP contribution in [0, 0.1) is 52.3 Å². The lowest BCUT2D eigenvalue weighted by molar-refractivity contribution is -0.404. The third-order valence-corrected chi connectivity index (χ3v) is 22.1. The average molecular weight is 1230 g/mol. The molecule has 4 saturated carbocycles. The van der Waals surface area contributed by atoms with Gasteiger partial charge in [0.2, 0.25) is 0 Å². The van der Waals surface area contributed by atoms with Gasteiger partial charge in [0.1, 0.15) is 116 Å². The first-order valence-corrected chi connectivity index (χ1v) is 30.7. The highest BCUT2D eigenvalue weighted by Gasteiger charge is 2.69. The zero-order valence-corrected chi connectivity index (χ0v) is 48.9. The summed E-state index contributed by atoms with van der Waals surface area (Å²) < 4.78 is 72.8. The van der Waals surface area contributed by atoms with Crippen molar-refractivity contribution in [3.8, 4) is 0 Å². The number of methoxy groups -OCH3 is 1. The summed E-state index contributed by atoms with van der Waals surface area (Å²) >= 11 is 0. The van der Waals surface area contributed by atoms with Gasteiger partial charge < -0.3 is 139 Å². The Morgan fingerprint density at radius 1 is 0.518 bits per heavy atom. The summed E-state index contributed by atoms with van der Waals surface area (Å²) in [7, 11) is 1.71. The van der Waals surface area contributed by atoms with Gasteiger partial charge in [-0.2, -0.15) is 0 Å². The van der Waals surface area contributed by atoms with Gasteiger partial charge in [0.05, 0.1) is 51.8 Å². The van der Waals surface area contributed by atoms with E-state index < -0.39 is 192 Å². The molecular formula is C57H96O28. The summed E-state index contributed by atoms with van der Waals surface area (Å²) in [6.45, 7) is 5.72. The van der Waals surface area contributed by atoms with Crippen molar-refractivity contribution in [3.63, 3.8) is 0 Å². The van der Waals surface area contributed by atoms with Crippen LogP contribution in [0.5, 0.6) is 0 Å². The maximum absolute atomic E-state index is 11.9. The fourth-order valence-corrected chi connectivity index (χ4v) is 17.2. The first kappa shape index (κ1) is 66.8. The van der Waals surface area contributed by atoms with Gasteiger partial charge in [0.15, 0.2) is 37.2 Å². The van der Waals surface area contributed by atoms with Crippen molar-refractivity contribution in [2.45, 2.75) is 257 Å². The van der Waals surface area contributed by atoms with Crippen molar-refractivity contribution in [1.29, 1.82) is 0 Å². The molecule has 28 nitrogen and oxygen atoms in total. The Labute approximate surface area is 493 Å². The second-order valence-corrected chi connectivity index (χ2v) is 26.8. The standard InChI is InChI=1S/C57H96O28/c1-22(20-75-50-44(71)40(67)37(64)31(16-58)78-50)8-13-57(74-5)23(2)35-30(85-57)15-28-26-7-6-24-14-25(9-11-55(24,3)27(26)10-12-56(28,35)4)77-52-46(73)42(69)47(34(19-61)81-52)82-54-49(84-53-45(72)41(68)38(65)32(17-59)79-53)48(39(66)33(18-60)80-54)83-51-43(70)36(63)29(62)21-76-51/h22-54,58-73H,6-21H2,1-5H3/t22-,23-,24+,25-,26+,27-,28-,29+,30-,31+,32+,33+,34+,35-,36-,37+,38-,39+,40-,41-,42+,43+,44+,45+,46+,47-,48-,49+,50+,51-,52+,53-,54-,55-,56-,57+/m0/s1. The highest BCUT2D eigenvalue weighted by molar-refractivity contribution is 5.15. The van der Waals surface area contributed by atoms with Crippen LogP contribution in [0.25, 0.3) is 0 Å². The molecular weight excluding hydrogens is 1130 g/mol. The number of aliphatic hydroxyl groups is 16. The van der Waals surface area contributed by atoms with Crippen LogP contribution in [0.2, 0.25) is 0 Å². The first-order valence-electron chi connectivity index (χ1n) is 30.7. The average Bonchev–Trinajstić information content (AvgIpc) is 1.60. The molecule has 0 aromatic rings. The Morgan fingerprint density at radius 2 is 1.07 bits per heavy atom. The Bertz CT molecular complexity index is 2150. The minimum absolute atomic E-state index is 0.00540. The highest BCUT2D eigenvalue weighted by Crippen LogP contribution is 2.71. The van der Waals surface area contributed by atoms with E-state index in [1.54, 1.807) is 7.11 Å². The van der Waals surface area contributed by atoms with Crippen LogP contribution in [0.3, 0.4) is 0 Å². The van der Waals surface area contributed by atoms with E-state index in [1.807, 2.05) is 6.92 Å². The van der Waals surface area contributed by atoms with E-state index in [1.165, 1.54) is 0 Å². The summed E-state index contributed by atoms with van der Waals surface area (Å²) in [6.07, 6.45) is -32.1. The van der Waals surface area contributed by atoms with Crippen molar-refractivity contribution in [3.05, 3.63) is 0 Å². The van der Waals surface area contributed by atoms with Crippen molar-refractivity contribution in [1.82, 2.24) is 0 Å². The van der Waals surface area contributed by atoms with E-state index in [0.29, 0.717) is 43.4 Å². The topological polar surface area (TPSA) is 434 Å². The van der Waals surface area contributed by atoms with Gasteiger partial charge >= 0.3 is 0 Å². The van der Waals surface area contributed by atoms with Crippen LogP contribution >= 0.6 is 0 Å². The van der Waals surface area contributed by atoms with Crippen LogP contribution in [0.1, 0.15) is 91.9 Å². The molecule has 0 amide bonds. The Kier molecular flexibility index (Phi) is 21.1. The molecule has 10 fully saturated rings. The van der Waals surface area contributed by atoms with Crippen LogP contribution in [0.15, 0.2) is 0 Å². The quantitative estimate of drug-likeness (QED) is 0.0540. The summed E-state index contributed by atoms with van der Waals surface area (Å²) in [5.41, 5.74) is 0.0173.